The van der Waals surface area contributed by atoms with Gasteiger partial charge in [-0.2, -0.15) is 8.42 Å². The average Bonchev–Trinajstić information content (AvgIpc) is 1.60. The molecule has 0 saturated carbocycles. The molecule has 8 aromatic rings. The Morgan fingerprint density at radius 3 is 2.18 bits per heavy atom. The standard InChI is InChI=1S/C83H94ClFN14O20S2/c1-49(2)74(95-66(100)30-39-116-40-36-98-68(102)26-27-69(98)103)78(107)94-60(14-11-31-88-83(86)111)77(106)92-56-22-19-53(54(42-56)44-96(4)81(108)61(24-28-70(104)105)93-67(101)47-121(112,113)114)45-99(5)37-33-97(34-38-99)35-41-117-64-25-23-58(50(3)73(64)84)71-72-79(89-48-90-80(72)120-75(71)51-17-20-55(85)21-18-51)119-65(82(109)110)43-52-12-7-9-15-62(52)118-46-57-29-32-87-76(91-57)59-13-8-10-16-63(59)115-6/h7-10,12-13,15-23,25-27,29,32,42,48-49,60-61,65,74H,11,14,24,28,30-31,33-41,43-47H2,1-6H3,(H9-,86,88,92,93,94,95,100,101,104,105,106,107,109,110,111,112,113,114)/p+1/t60?,61?,65-,74?/m1/s1. The summed E-state index contributed by atoms with van der Waals surface area (Å²) in [4.78, 5) is 153. The van der Waals surface area contributed by atoms with Crippen LogP contribution in [0.5, 0.6) is 23.1 Å². The minimum atomic E-state index is -4.86. The molecule has 0 spiro atoms. The molecule has 10 N–H and O–H groups in total. The second-order valence-electron chi connectivity index (χ2n) is 29.5. The molecule has 2 aliphatic rings. The molecule has 1 saturated heterocycles. The summed E-state index contributed by atoms with van der Waals surface area (Å²) in [6, 6.07) is 25.7. The van der Waals surface area contributed by atoms with Crippen LogP contribution in [0.15, 0.2) is 134 Å². The number of ether oxygens (including phenoxy) is 5. The van der Waals surface area contributed by atoms with Gasteiger partial charge in [-0.15, -0.1) is 11.3 Å². The number of carbonyl (C=O) groups excluding carboxylic acids is 8. The molecular weight excluding hydrogens is 1630 g/mol. The Morgan fingerprint density at radius 2 is 1.49 bits per heavy atom. The van der Waals surface area contributed by atoms with E-state index < -0.39 is 124 Å². The highest BCUT2D eigenvalue weighted by atomic mass is 35.5. The lowest BCUT2D eigenvalue weighted by molar-refractivity contribution is -0.926. The van der Waals surface area contributed by atoms with E-state index in [4.69, 9.17) is 46.0 Å². The van der Waals surface area contributed by atoms with Crippen LogP contribution >= 0.6 is 22.9 Å². The van der Waals surface area contributed by atoms with Crippen molar-refractivity contribution >= 4 is 108 Å². The number of hydrogen-bond donors (Lipinski definition) is 9. The molecule has 2 aliphatic heterocycles. The fourth-order valence-corrected chi connectivity index (χ4v) is 15.5. The first kappa shape index (κ1) is 91.2. The van der Waals surface area contributed by atoms with Gasteiger partial charge in [0.1, 0.15) is 72.1 Å². The first-order valence-electron chi connectivity index (χ1n) is 38.7. The summed E-state index contributed by atoms with van der Waals surface area (Å²) in [7, 11) is 0.126. The number of fused-ring (bicyclic) bond motifs is 1. The number of carboxylic acids is 2. The fourth-order valence-electron chi connectivity index (χ4n) is 13.7. The molecule has 0 bridgehead atoms. The number of nitrogens with zero attached hydrogens (tertiary/aromatic N) is 8. The van der Waals surface area contributed by atoms with Gasteiger partial charge >= 0.3 is 18.0 Å². The highest BCUT2D eigenvalue weighted by Gasteiger charge is 2.35. The van der Waals surface area contributed by atoms with E-state index in [1.54, 1.807) is 93.9 Å². The highest BCUT2D eigenvalue weighted by Crippen LogP contribution is 2.50. The zero-order chi connectivity index (χ0) is 87.2. The van der Waals surface area contributed by atoms with Crippen LogP contribution in [0, 0.1) is 18.7 Å². The maximum Gasteiger partial charge on any atom is 0.345 e. The molecule has 10 rings (SSSR count). The number of quaternary nitrogens is 1. The molecule has 3 aromatic heterocycles. The predicted octanol–water partition coefficient (Wildman–Crippen LogP) is 7.13. The number of thiophene rings is 1. The molecule has 34 nitrogen and oxygen atoms in total. The number of nitrogens with one attached hydrogen (secondary N) is 5. The Morgan fingerprint density at radius 1 is 0.769 bits per heavy atom. The fraction of sp³-hybridized carbons (Fsp3) is 0.373. The Bertz CT molecular complexity index is 5270. The molecule has 9 amide bonds. The summed E-state index contributed by atoms with van der Waals surface area (Å²) in [5.41, 5.74) is 10.8. The maximum atomic E-state index is 14.6. The number of piperazine rings is 1. The van der Waals surface area contributed by atoms with Crippen molar-refractivity contribution < 1.29 is 104 Å². The lowest BCUT2D eigenvalue weighted by Crippen LogP contribution is -2.57. The third-order valence-corrected chi connectivity index (χ3v) is 22.4. The minimum absolute atomic E-state index is 0.0154. The van der Waals surface area contributed by atoms with Crippen molar-refractivity contribution in [2.24, 2.45) is 11.7 Å². The zero-order valence-electron chi connectivity index (χ0n) is 67.2. The molecule has 0 radical (unpaired) electrons. The lowest BCUT2D eigenvalue weighted by Gasteiger charge is -2.42. The van der Waals surface area contributed by atoms with Crippen LogP contribution in [-0.2, 0) is 84.1 Å². The normalized spacial score (nSPS) is 14.3. The van der Waals surface area contributed by atoms with E-state index in [-0.39, 0.29) is 88.3 Å². The van der Waals surface area contributed by atoms with Crippen molar-refractivity contribution in [2.75, 3.05) is 97.9 Å². The SMILES string of the molecule is COc1ccccc1-c1nccc(COc2ccccc2C[C@@H](Oc2ncnc3sc(-c4ccc(F)cc4)c(-c4ccc(OCCN5CC[N+](C)(Cc6ccc(NC(=O)C(CCCNC(N)=O)NC(=O)C(NC(=O)CCOCCN7C(=O)C=CC7=O)C(C)C)cc6CN(C)C(=O)C(CCC(=O)O)NC(=O)CS(=O)(=O)O)CC5)c(Cl)c4C)c23)C(=O)O)n1. The van der Waals surface area contributed by atoms with Crippen molar-refractivity contribution in [1.82, 2.24) is 55.9 Å². The second kappa shape index (κ2) is 42.2. The number of primary amides is 1. The van der Waals surface area contributed by atoms with E-state index in [9.17, 15) is 75.5 Å². The Labute approximate surface area is 705 Å². The predicted molar refractivity (Wildman–Crippen MR) is 444 cm³/mol. The van der Waals surface area contributed by atoms with E-state index in [0.717, 1.165) is 17.1 Å². The smallest absolute Gasteiger partial charge is 0.345 e. The number of aliphatic carboxylic acids is 2. The largest absolute Gasteiger partial charge is 0.496 e. The molecule has 642 valence electrons. The third-order valence-electron chi connectivity index (χ3n) is 20.2. The van der Waals surface area contributed by atoms with Gasteiger partial charge in [-0.1, -0.05) is 80.0 Å². The van der Waals surface area contributed by atoms with Gasteiger partial charge in [0, 0.05) is 99.1 Å². The van der Waals surface area contributed by atoms with Crippen LogP contribution in [0.3, 0.4) is 0 Å². The number of imide groups is 1. The molecule has 5 heterocycles. The van der Waals surface area contributed by atoms with Gasteiger partial charge in [0.05, 0.1) is 68.7 Å². The lowest BCUT2D eigenvalue weighted by atomic mass is 9.96. The van der Waals surface area contributed by atoms with Gasteiger partial charge < -0.3 is 75.6 Å². The number of halogens is 2. The number of para-hydroxylation sites is 2. The number of urea groups is 1. The maximum absolute atomic E-state index is 14.6. The monoisotopic (exact) mass is 1730 g/mol. The summed E-state index contributed by atoms with van der Waals surface area (Å²) < 4.78 is 78.1. The Balaban J connectivity index is 0.832. The molecule has 4 atom stereocenters. The highest BCUT2D eigenvalue weighted by molar-refractivity contribution is 7.86. The Kier molecular flexibility index (Phi) is 31.8. The molecule has 0 aliphatic carbocycles. The average molecular weight is 1730 g/mol. The van der Waals surface area contributed by atoms with Crippen molar-refractivity contribution in [2.45, 2.75) is 103 Å². The molecule has 1 fully saturated rings. The summed E-state index contributed by atoms with van der Waals surface area (Å²) >= 11 is 8.57. The molecule has 5 aromatic carbocycles. The number of likely N-dealkylation sites (N-methyl/N-ethyl adjacent to an activating group) is 2. The summed E-state index contributed by atoms with van der Waals surface area (Å²) in [6.45, 7) is 8.14. The number of rotatable bonds is 43. The number of carboxylic acid groups (broad SMARTS) is 2. The van der Waals surface area contributed by atoms with E-state index in [2.05, 4.69) is 46.4 Å². The van der Waals surface area contributed by atoms with Crippen molar-refractivity contribution in [1.29, 1.82) is 0 Å². The van der Waals surface area contributed by atoms with Crippen molar-refractivity contribution in [3.05, 3.63) is 173 Å². The summed E-state index contributed by atoms with van der Waals surface area (Å²) in [5.74, 6) is -8.31. The molecule has 3 unspecified atom stereocenters. The van der Waals surface area contributed by atoms with Crippen LogP contribution < -0.4 is 51.3 Å². The van der Waals surface area contributed by atoms with Gasteiger partial charge in [-0.3, -0.25) is 52.7 Å². The Hall–Kier alpha value is -12.1. The second-order valence-corrected chi connectivity index (χ2v) is 32.3. The molecule has 38 heteroatoms. The number of hydrogen-bond acceptors (Lipinski definition) is 23. The van der Waals surface area contributed by atoms with E-state index >= 15 is 0 Å². The van der Waals surface area contributed by atoms with Gasteiger partial charge in [0.2, 0.25) is 41.5 Å². The van der Waals surface area contributed by atoms with Crippen LogP contribution in [0.1, 0.15) is 73.9 Å². The van der Waals surface area contributed by atoms with Crippen LogP contribution in [0.4, 0.5) is 14.9 Å². The minimum Gasteiger partial charge on any atom is -0.496 e. The molecular formula is C83H95ClFN14O20S2+. The van der Waals surface area contributed by atoms with Gasteiger partial charge in [-0.05, 0) is 115 Å². The van der Waals surface area contributed by atoms with Crippen molar-refractivity contribution in [3.8, 4) is 56.1 Å². The topological polar surface area (TPSA) is 459 Å². The van der Waals surface area contributed by atoms with Gasteiger partial charge in [0.15, 0.2) is 11.6 Å². The quantitative estimate of drug-likeness (QED) is 0.00794. The molecule has 121 heavy (non-hydrogen) atoms. The number of anilines is 1. The number of nitrogens with two attached hydrogens (primary N) is 1. The number of methoxy groups -OCH3 is 1. The van der Waals surface area contributed by atoms with Crippen LogP contribution in [0.2, 0.25) is 5.02 Å². The van der Waals surface area contributed by atoms with E-state index in [1.807, 2.05) is 44.3 Å². The zero-order valence-corrected chi connectivity index (χ0v) is 69.6. The number of aromatic nitrogens is 4. The van der Waals surface area contributed by atoms with Gasteiger partial charge in [0.25, 0.3) is 21.9 Å². The van der Waals surface area contributed by atoms with E-state index in [0.29, 0.717) is 132 Å². The first-order chi connectivity index (χ1) is 57.7. The number of carbonyl (C=O) groups is 10. The van der Waals surface area contributed by atoms with E-state index in [1.165, 1.54) is 41.7 Å². The summed E-state index contributed by atoms with van der Waals surface area (Å²) in [5, 5.41) is 34.1. The van der Waals surface area contributed by atoms with Gasteiger partial charge in [-0.25, -0.2) is 33.9 Å². The van der Waals surface area contributed by atoms with Crippen LogP contribution in [-0.4, -0.2) is 238 Å². The van der Waals surface area contributed by atoms with Crippen molar-refractivity contribution in [3.63, 3.8) is 0 Å². The third kappa shape index (κ3) is 25.5. The number of benzene rings is 5. The summed E-state index contributed by atoms with van der Waals surface area (Å²) in [6.07, 6.45) is 2.33. The van der Waals surface area contributed by atoms with Crippen LogP contribution in [0.25, 0.3) is 43.2 Å². The first-order valence-corrected chi connectivity index (χ1v) is 41.5. The number of amides is 9.